The van der Waals surface area contributed by atoms with Crippen molar-refractivity contribution in [3.63, 3.8) is 0 Å². The molecule has 0 aromatic heterocycles. The molecule has 0 heterocycles. The third kappa shape index (κ3) is 1.80. The highest BCUT2D eigenvalue weighted by Gasteiger charge is 2.62. The molecule has 0 saturated heterocycles. The van der Waals surface area contributed by atoms with Gasteiger partial charge in [0.15, 0.2) is 0 Å². The van der Waals surface area contributed by atoms with Crippen LogP contribution in [0.3, 0.4) is 0 Å². The molecule has 1 N–H and O–H groups in total. The van der Waals surface area contributed by atoms with Crippen molar-refractivity contribution in [1.29, 1.82) is 0 Å². The van der Waals surface area contributed by atoms with E-state index in [1.807, 2.05) is 13.8 Å². The number of aliphatic carboxylic acids is 1. The van der Waals surface area contributed by atoms with Crippen molar-refractivity contribution in [2.24, 2.45) is 11.3 Å². The maximum atomic E-state index is 11.1. The van der Waals surface area contributed by atoms with Crippen molar-refractivity contribution in [2.75, 3.05) is 0 Å². The predicted octanol–water partition coefficient (Wildman–Crippen LogP) is 3.82. The van der Waals surface area contributed by atoms with Crippen LogP contribution in [0.15, 0.2) is 18.2 Å². The summed E-state index contributed by atoms with van der Waals surface area (Å²) in [4.78, 5) is 11.1. The molecule has 0 aliphatic heterocycles. The van der Waals surface area contributed by atoms with E-state index in [-0.39, 0.29) is 17.3 Å². The maximum Gasteiger partial charge on any atom is 0.307 e. The molecular weight excluding hydrogens is 247 g/mol. The van der Waals surface area contributed by atoms with Crippen molar-refractivity contribution in [1.82, 2.24) is 0 Å². The number of rotatable bonds is 2. The number of hydrogen-bond donors (Lipinski definition) is 1. The van der Waals surface area contributed by atoms with Crippen LogP contribution in [0.25, 0.3) is 0 Å². The van der Waals surface area contributed by atoms with E-state index >= 15 is 0 Å². The zero-order valence-corrected chi connectivity index (χ0v) is 10.5. The molecule has 2 rings (SSSR count). The molecular formula is C12H12Cl2O2. The number of carboxylic acids is 1. The second-order valence-corrected chi connectivity index (χ2v) is 5.69. The summed E-state index contributed by atoms with van der Waals surface area (Å²) < 4.78 is 0. The number of benzene rings is 1. The van der Waals surface area contributed by atoms with E-state index in [0.29, 0.717) is 10.0 Å². The quantitative estimate of drug-likeness (QED) is 0.876. The SMILES string of the molecule is CC1(C)C(C(=O)O)C1c1cc(Cl)cc(Cl)c1. The highest BCUT2D eigenvalue weighted by molar-refractivity contribution is 6.34. The van der Waals surface area contributed by atoms with E-state index in [2.05, 4.69) is 0 Å². The molecule has 0 bridgehead atoms. The molecule has 0 radical (unpaired) electrons. The van der Waals surface area contributed by atoms with Crippen LogP contribution >= 0.6 is 23.2 Å². The Hall–Kier alpha value is -0.730. The van der Waals surface area contributed by atoms with Gasteiger partial charge in [0.25, 0.3) is 0 Å². The first-order valence-corrected chi connectivity index (χ1v) is 5.78. The van der Waals surface area contributed by atoms with Crippen LogP contribution in [0, 0.1) is 11.3 Å². The molecule has 4 heteroatoms. The van der Waals surface area contributed by atoms with Crippen LogP contribution < -0.4 is 0 Å². The Morgan fingerprint density at radius 2 is 1.75 bits per heavy atom. The summed E-state index contributed by atoms with van der Waals surface area (Å²) in [5.74, 6) is -1.10. The van der Waals surface area contributed by atoms with Crippen molar-refractivity contribution in [3.05, 3.63) is 33.8 Å². The lowest BCUT2D eigenvalue weighted by Gasteiger charge is -2.04. The largest absolute Gasteiger partial charge is 0.481 e. The molecule has 86 valence electrons. The number of hydrogen-bond acceptors (Lipinski definition) is 1. The van der Waals surface area contributed by atoms with E-state index in [9.17, 15) is 4.79 Å². The Morgan fingerprint density at radius 1 is 1.25 bits per heavy atom. The summed E-state index contributed by atoms with van der Waals surface area (Å²) in [6.07, 6.45) is 0. The van der Waals surface area contributed by atoms with Crippen LogP contribution in [0.5, 0.6) is 0 Å². The Morgan fingerprint density at radius 3 is 2.12 bits per heavy atom. The highest BCUT2D eigenvalue weighted by atomic mass is 35.5. The molecule has 1 saturated carbocycles. The molecule has 1 aliphatic rings. The van der Waals surface area contributed by atoms with Gasteiger partial charge >= 0.3 is 5.97 Å². The van der Waals surface area contributed by atoms with Gasteiger partial charge in [-0.05, 0) is 29.2 Å². The van der Waals surface area contributed by atoms with Gasteiger partial charge in [-0.25, -0.2) is 0 Å². The number of carboxylic acid groups (broad SMARTS) is 1. The van der Waals surface area contributed by atoms with E-state index in [1.54, 1.807) is 18.2 Å². The summed E-state index contributed by atoms with van der Waals surface area (Å²) in [7, 11) is 0. The van der Waals surface area contributed by atoms with Gasteiger partial charge in [0.1, 0.15) is 0 Å². The zero-order valence-electron chi connectivity index (χ0n) is 9.00. The Kier molecular flexibility index (Phi) is 2.67. The third-order valence-corrected chi connectivity index (χ3v) is 3.77. The summed E-state index contributed by atoms with van der Waals surface area (Å²) in [5.41, 5.74) is 0.690. The minimum absolute atomic E-state index is 0.00111. The zero-order chi connectivity index (χ0) is 12.1. The number of halogens is 2. The van der Waals surface area contributed by atoms with E-state index in [4.69, 9.17) is 28.3 Å². The van der Waals surface area contributed by atoms with Gasteiger partial charge in [0.05, 0.1) is 5.92 Å². The molecule has 2 unspecified atom stereocenters. The van der Waals surface area contributed by atoms with Gasteiger partial charge in [-0.2, -0.15) is 0 Å². The smallest absolute Gasteiger partial charge is 0.307 e. The summed E-state index contributed by atoms with van der Waals surface area (Å²) in [6, 6.07) is 5.24. The average molecular weight is 259 g/mol. The Bertz CT molecular complexity index is 434. The molecule has 2 atom stereocenters. The van der Waals surface area contributed by atoms with Gasteiger partial charge in [0.2, 0.25) is 0 Å². The first-order valence-electron chi connectivity index (χ1n) is 5.03. The third-order valence-electron chi connectivity index (χ3n) is 3.34. The van der Waals surface area contributed by atoms with Crippen LogP contribution in [-0.4, -0.2) is 11.1 Å². The van der Waals surface area contributed by atoms with E-state index < -0.39 is 5.97 Å². The van der Waals surface area contributed by atoms with Gasteiger partial charge in [0, 0.05) is 16.0 Å². The molecule has 1 aliphatic carbocycles. The molecule has 0 amide bonds. The first-order chi connectivity index (χ1) is 7.34. The van der Waals surface area contributed by atoms with Crippen molar-refractivity contribution in [3.8, 4) is 0 Å². The minimum atomic E-state index is -0.758. The first kappa shape index (κ1) is 11.7. The average Bonchev–Trinajstić information content (AvgIpc) is 2.67. The van der Waals surface area contributed by atoms with Crippen LogP contribution in [0.4, 0.5) is 0 Å². The molecule has 1 aromatic rings. The fraction of sp³-hybridized carbons (Fsp3) is 0.417. The molecule has 16 heavy (non-hydrogen) atoms. The van der Waals surface area contributed by atoms with Crippen LogP contribution in [0.1, 0.15) is 25.3 Å². The summed E-state index contributed by atoms with van der Waals surface area (Å²) in [6.45, 7) is 3.90. The van der Waals surface area contributed by atoms with Crippen molar-refractivity contribution >= 4 is 29.2 Å². The number of carbonyl (C=O) groups is 1. The van der Waals surface area contributed by atoms with Crippen molar-refractivity contribution < 1.29 is 9.90 Å². The summed E-state index contributed by atoms with van der Waals surface area (Å²) >= 11 is 11.8. The van der Waals surface area contributed by atoms with Crippen LogP contribution in [0.2, 0.25) is 10.0 Å². The maximum absolute atomic E-state index is 11.1. The lowest BCUT2D eigenvalue weighted by atomic mass is 10.0. The van der Waals surface area contributed by atoms with Gasteiger partial charge in [-0.1, -0.05) is 37.0 Å². The standard InChI is InChI=1S/C12H12Cl2O2/c1-12(2)9(10(12)11(15)16)6-3-7(13)5-8(14)4-6/h3-5,9-10H,1-2H3,(H,15,16). The van der Waals surface area contributed by atoms with Gasteiger partial charge in [-0.15, -0.1) is 0 Å². The predicted molar refractivity (Wildman–Crippen MR) is 64.1 cm³/mol. The second-order valence-electron chi connectivity index (χ2n) is 4.82. The van der Waals surface area contributed by atoms with Crippen LogP contribution in [-0.2, 0) is 4.79 Å². The molecule has 1 aromatic carbocycles. The second kappa shape index (κ2) is 3.64. The Labute approximate surface area is 104 Å². The van der Waals surface area contributed by atoms with Crippen molar-refractivity contribution in [2.45, 2.75) is 19.8 Å². The topological polar surface area (TPSA) is 37.3 Å². The molecule has 1 fully saturated rings. The summed E-state index contributed by atoms with van der Waals surface area (Å²) in [5, 5.41) is 10.2. The fourth-order valence-corrected chi connectivity index (χ4v) is 3.02. The highest BCUT2D eigenvalue weighted by Crippen LogP contribution is 2.64. The molecule has 0 spiro atoms. The lowest BCUT2D eigenvalue weighted by Crippen LogP contribution is -2.03. The minimum Gasteiger partial charge on any atom is -0.481 e. The van der Waals surface area contributed by atoms with Gasteiger partial charge < -0.3 is 5.11 Å². The molecule has 2 nitrogen and oxygen atoms in total. The van der Waals surface area contributed by atoms with E-state index in [1.165, 1.54) is 0 Å². The monoisotopic (exact) mass is 258 g/mol. The normalized spacial score (nSPS) is 26.5. The Balaban J connectivity index is 2.37. The van der Waals surface area contributed by atoms with E-state index in [0.717, 1.165) is 5.56 Å². The lowest BCUT2D eigenvalue weighted by molar-refractivity contribution is -0.139. The van der Waals surface area contributed by atoms with Gasteiger partial charge in [-0.3, -0.25) is 4.79 Å². The fourth-order valence-electron chi connectivity index (χ4n) is 2.48.